The number of ether oxygens (including phenoxy) is 1. The van der Waals surface area contributed by atoms with Gasteiger partial charge >= 0.3 is 6.18 Å². The number of hydrogen-bond acceptors (Lipinski definition) is 5. The summed E-state index contributed by atoms with van der Waals surface area (Å²) in [6.45, 7) is 2.18. The van der Waals surface area contributed by atoms with Crippen LogP contribution in [0, 0.1) is 11.3 Å². The van der Waals surface area contributed by atoms with E-state index in [0.717, 1.165) is 17.7 Å². The average molecular weight is 613 g/mol. The van der Waals surface area contributed by atoms with Crippen LogP contribution in [0.4, 0.5) is 18.9 Å². The zero-order valence-electron chi connectivity index (χ0n) is 24.6. The molecule has 2 fully saturated rings. The molecule has 2 aromatic rings. The van der Waals surface area contributed by atoms with E-state index in [0.29, 0.717) is 70.5 Å². The Kier molecular flexibility index (Phi) is 10.1. The van der Waals surface area contributed by atoms with E-state index in [1.807, 2.05) is 35.2 Å². The number of carbonyl (C=O) groups excluding carboxylic acids is 3. The first-order valence-electron chi connectivity index (χ1n) is 15.2. The fourth-order valence-electron chi connectivity index (χ4n) is 6.35. The third kappa shape index (κ3) is 8.06. The lowest BCUT2D eigenvalue weighted by molar-refractivity contribution is -0.140. The molecule has 3 heterocycles. The first kappa shape index (κ1) is 31.7. The van der Waals surface area contributed by atoms with Crippen LogP contribution in [0.25, 0.3) is 0 Å². The van der Waals surface area contributed by atoms with E-state index in [9.17, 15) is 27.6 Å². The van der Waals surface area contributed by atoms with Gasteiger partial charge in [0, 0.05) is 44.5 Å². The van der Waals surface area contributed by atoms with E-state index in [-0.39, 0.29) is 36.2 Å². The van der Waals surface area contributed by atoms with Gasteiger partial charge in [0.05, 0.1) is 17.5 Å². The Morgan fingerprint density at radius 3 is 2.43 bits per heavy atom. The number of hydrogen-bond donors (Lipinski definition) is 3. The van der Waals surface area contributed by atoms with E-state index in [1.165, 1.54) is 12.1 Å². The number of benzene rings is 2. The van der Waals surface area contributed by atoms with Crippen molar-refractivity contribution in [1.29, 1.82) is 0 Å². The molecule has 2 aromatic carbocycles. The van der Waals surface area contributed by atoms with Crippen LogP contribution in [0.15, 0.2) is 66.7 Å². The third-order valence-electron chi connectivity index (χ3n) is 8.96. The van der Waals surface area contributed by atoms with E-state index >= 15 is 0 Å². The van der Waals surface area contributed by atoms with Gasteiger partial charge in [0.15, 0.2) is 0 Å². The second kappa shape index (κ2) is 13.9. The molecule has 3 N–H and O–H groups in total. The van der Waals surface area contributed by atoms with Gasteiger partial charge in [-0.15, -0.1) is 0 Å². The predicted molar refractivity (Wildman–Crippen MR) is 159 cm³/mol. The van der Waals surface area contributed by atoms with Gasteiger partial charge in [-0.3, -0.25) is 19.3 Å². The number of nitrogens with zero attached hydrogens (tertiary/aromatic N) is 1. The Morgan fingerprint density at radius 1 is 1.00 bits per heavy atom. The van der Waals surface area contributed by atoms with Crippen molar-refractivity contribution in [1.82, 2.24) is 15.5 Å². The van der Waals surface area contributed by atoms with Crippen LogP contribution in [0.3, 0.4) is 0 Å². The van der Waals surface area contributed by atoms with Gasteiger partial charge in [-0.2, -0.15) is 13.2 Å². The second-order valence-electron chi connectivity index (χ2n) is 12.0. The average Bonchev–Trinajstić information content (AvgIpc) is 3.00. The molecule has 0 bridgehead atoms. The lowest BCUT2D eigenvalue weighted by atomic mass is 9.75. The molecule has 0 aliphatic carbocycles. The van der Waals surface area contributed by atoms with Crippen LogP contribution >= 0.6 is 0 Å². The standard InChI is InChI=1S/C33H39F3N4O4/c34-33(35,36)25-9-11-26(12-10-25)37-29(41)22-40-17-13-27-24(21-40)8-4-5-14-32(15-18-44-19-16-32)31(43)39-28(30(42)38-27)20-23-6-2-1-3-7-23/h1-7,9-12,24,27-28H,8,13-22H2,(H,37,41)(H,38,42)(H,39,43)/b5-4+/t24-,27-,28-/m0/s1. The normalized spacial score (nSPS) is 25.5. The predicted octanol–water partition coefficient (Wildman–Crippen LogP) is 4.32. The fourth-order valence-corrected chi connectivity index (χ4v) is 6.35. The van der Waals surface area contributed by atoms with Gasteiger partial charge in [-0.05, 0) is 67.9 Å². The van der Waals surface area contributed by atoms with Crippen LogP contribution in [-0.4, -0.2) is 67.6 Å². The van der Waals surface area contributed by atoms with Crippen molar-refractivity contribution >= 4 is 23.4 Å². The number of fused-ring (bicyclic) bond motifs is 1. The van der Waals surface area contributed by atoms with Crippen molar-refractivity contribution in [3.05, 3.63) is 77.9 Å². The lowest BCUT2D eigenvalue weighted by Gasteiger charge is -2.40. The molecule has 44 heavy (non-hydrogen) atoms. The largest absolute Gasteiger partial charge is 0.416 e. The van der Waals surface area contributed by atoms with Crippen molar-refractivity contribution < 1.29 is 32.3 Å². The summed E-state index contributed by atoms with van der Waals surface area (Å²) in [6, 6.07) is 13.1. The lowest BCUT2D eigenvalue weighted by Crippen LogP contribution is -2.58. The highest BCUT2D eigenvalue weighted by Crippen LogP contribution is 2.36. The maximum absolute atomic E-state index is 13.7. The molecule has 8 nitrogen and oxygen atoms in total. The molecule has 1 spiro atoms. The Hall–Kier alpha value is -3.70. The number of allylic oxidation sites excluding steroid dienone is 2. The van der Waals surface area contributed by atoms with Crippen LogP contribution in [0.5, 0.6) is 0 Å². The van der Waals surface area contributed by atoms with Crippen LogP contribution in [0.2, 0.25) is 0 Å². The van der Waals surface area contributed by atoms with E-state index in [2.05, 4.69) is 28.1 Å². The van der Waals surface area contributed by atoms with E-state index in [1.54, 1.807) is 0 Å². The monoisotopic (exact) mass is 612 g/mol. The van der Waals surface area contributed by atoms with Crippen LogP contribution in [-0.2, 0) is 31.7 Å². The highest BCUT2D eigenvalue weighted by molar-refractivity contribution is 5.92. The van der Waals surface area contributed by atoms with Gasteiger partial charge in [-0.25, -0.2) is 0 Å². The summed E-state index contributed by atoms with van der Waals surface area (Å²) in [7, 11) is 0. The number of carbonyl (C=O) groups is 3. The fraction of sp³-hybridized carbons (Fsp3) is 0.485. The van der Waals surface area contributed by atoms with Gasteiger partial charge in [0.25, 0.3) is 0 Å². The molecule has 11 heteroatoms. The van der Waals surface area contributed by atoms with Gasteiger partial charge in [-0.1, -0.05) is 42.5 Å². The van der Waals surface area contributed by atoms with Gasteiger partial charge in [0.2, 0.25) is 17.7 Å². The number of piperidine rings is 1. The SMILES string of the molecule is O=C(CN1CC[C@@H]2NC(=O)[C@H](Cc3ccccc3)NC(=O)C3(C/C=C/C[C@H]2C1)CCOCC3)Nc1ccc(C(F)(F)F)cc1. The van der Waals surface area contributed by atoms with E-state index in [4.69, 9.17) is 4.74 Å². The summed E-state index contributed by atoms with van der Waals surface area (Å²) < 4.78 is 44.2. The summed E-state index contributed by atoms with van der Waals surface area (Å²) in [5.41, 5.74) is -0.167. The number of rotatable bonds is 5. The van der Waals surface area contributed by atoms with Crippen molar-refractivity contribution in [3.63, 3.8) is 0 Å². The smallest absolute Gasteiger partial charge is 0.381 e. The molecule has 0 aromatic heterocycles. The van der Waals surface area contributed by atoms with Crippen molar-refractivity contribution in [2.45, 2.75) is 56.8 Å². The van der Waals surface area contributed by atoms with Crippen LogP contribution < -0.4 is 16.0 Å². The minimum atomic E-state index is -4.44. The zero-order valence-corrected chi connectivity index (χ0v) is 24.6. The number of likely N-dealkylation sites (tertiary alicyclic amines) is 1. The zero-order chi connectivity index (χ0) is 31.2. The van der Waals surface area contributed by atoms with Gasteiger partial charge in [0.1, 0.15) is 6.04 Å². The minimum Gasteiger partial charge on any atom is -0.381 e. The minimum absolute atomic E-state index is 0.0287. The molecule has 3 aliphatic heterocycles. The first-order chi connectivity index (χ1) is 21.1. The molecule has 0 unspecified atom stereocenters. The second-order valence-corrected chi connectivity index (χ2v) is 12.0. The summed E-state index contributed by atoms with van der Waals surface area (Å²) >= 11 is 0. The molecule has 0 radical (unpaired) electrons. The number of nitrogens with one attached hydrogen (secondary N) is 3. The molecule has 3 amide bonds. The first-order valence-corrected chi connectivity index (χ1v) is 15.2. The Balaban J connectivity index is 1.28. The molecule has 2 saturated heterocycles. The van der Waals surface area contributed by atoms with Crippen molar-refractivity contribution in [2.75, 3.05) is 38.2 Å². The summed E-state index contributed by atoms with van der Waals surface area (Å²) in [4.78, 5) is 42.2. The number of amides is 3. The van der Waals surface area contributed by atoms with Crippen molar-refractivity contribution in [2.24, 2.45) is 11.3 Å². The number of halogens is 3. The van der Waals surface area contributed by atoms with E-state index < -0.39 is 23.2 Å². The summed E-state index contributed by atoms with van der Waals surface area (Å²) in [6.07, 6.45) is 3.06. The van der Waals surface area contributed by atoms with Gasteiger partial charge < -0.3 is 20.7 Å². The highest BCUT2D eigenvalue weighted by atomic mass is 19.4. The highest BCUT2D eigenvalue weighted by Gasteiger charge is 2.41. The molecule has 0 saturated carbocycles. The molecular weight excluding hydrogens is 573 g/mol. The maximum atomic E-state index is 13.7. The quantitative estimate of drug-likeness (QED) is 0.437. The topological polar surface area (TPSA) is 99.8 Å². The molecular formula is C33H39F3N4O4. The maximum Gasteiger partial charge on any atom is 0.416 e. The molecule has 3 aliphatic rings. The number of alkyl halides is 3. The molecule has 5 rings (SSSR count). The Labute approximate surface area is 255 Å². The molecule has 236 valence electrons. The van der Waals surface area contributed by atoms with Crippen LogP contribution in [0.1, 0.15) is 43.2 Å². The number of anilines is 1. The molecule has 3 atom stereocenters. The Bertz CT molecular complexity index is 1330. The summed E-state index contributed by atoms with van der Waals surface area (Å²) in [5, 5.41) is 9.00. The Morgan fingerprint density at radius 2 is 1.73 bits per heavy atom. The third-order valence-corrected chi connectivity index (χ3v) is 8.96. The summed E-state index contributed by atoms with van der Waals surface area (Å²) in [5.74, 6) is -0.631. The van der Waals surface area contributed by atoms with Crippen molar-refractivity contribution in [3.8, 4) is 0 Å².